The molecule has 0 aliphatic heterocycles. The third-order valence-electron chi connectivity index (χ3n) is 4.95. The first-order valence-corrected chi connectivity index (χ1v) is 11.2. The first kappa shape index (κ1) is 26.0. The first-order valence-electron chi connectivity index (χ1n) is 11.2. The molecule has 2 amide bonds. The van der Waals surface area contributed by atoms with Crippen LogP contribution in [-0.4, -0.2) is 48.9 Å². The molecule has 0 spiro atoms. The van der Waals surface area contributed by atoms with Gasteiger partial charge in [-0.15, -0.1) is 0 Å². The van der Waals surface area contributed by atoms with Crippen molar-refractivity contribution >= 4 is 11.8 Å². The second-order valence-corrected chi connectivity index (χ2v) is 7.54. The van der Waals surface area contributed by atoms with Crippen LogP contribution in [0, 0.1) is 11.8 Å². The van der Waals surface area contributed by atoms with Crippen LogP contribution < -0.4 is 27.2 Å². The Morgan fingerprint density at radius 3 is 2.27 bits per heavy atom. The molecule has 0 fully saturated rings. The van der Waals surface area contributed by atoms with Crippen molar-refractivity contribution in [3.63, 3.8) is 0 Å². The summed E-state index contributed by atoms with van der Waals surface area (Å²) in [6, 6.07) is 15.5. The van der Waals surface area contributed by atoms with Gasteiger partial charge in [-0.05, 0) is 42.8 Å². The zero-order chi connectivity index (χ0) is 23.9. The molecule has 33 heavy (non-hydrogen) atoms. The maximum absolute atomic E-state index is 12.7. The fourth-order valence-corrected chi connectivity index (χ4v) is 3.10. The standard InChI is InChI=1S/C25H33N5O3/c1-2-3-9-23(27-17-16-26)28-18-22(25(32)30-33)29-24(31)21-14-12-20(13-15-21)11-10-19-7-5-4-6-8-19/h4-8,12-15,22-23,27-28,33H,2-3,9,16-18,26H2,1H3,(H,29,31)(H,30,32)/t22-,23?/m0/s1. The monoisotopic (exact) mass is 451 g/mol. The van der Waals surface area contributed by atoms with Gasteiger partial charge in [-0.2, -0.15) is 0 Å². The predicted molar refractivity (Wildman–Crippen MR) is 128 cm³/mol. The second-order valence-electron chi connectivity index (χ2n) is 7.54. The Kier molecular flexibility index (Phi) is 11.7. The highest BCUT2D eigenvalue weighted by Crippen LogP contribution is 2.05. The number of unbranched alkanes of at least 4 members (excludes halogenated alkanes) is 1. The number of hydrogen-bond acceptors (Lipinski definition) is 6. The third-order valence-corrected chi connectivity index (χ3v) is 4.95. The van der Waals surface area contributed by atoms with Gasteiger partial charge in [-0.1, -0.05) is 49.8 Å². The van der Waals surface area contributed by atoms with Gasteiger partial charge in [0.25, 0.3) is 11.8 Å². The van der Waals surface area contributed by atoms with Crippen molar-refractivity contribution in [1.82, 2.24) is 21.4 Å². The minimum Gasteiger partial charge on any atom is -0.339 e. The van der Waals surface area contributed by atoms with E-state index in [9.17, 15) is 9.59 Å². The van der Waals surface area contributed by atoms with Crippen molar-refractivity contribution in [2.24, 2.45) is 5.73 Å². The molecule has 2 aromatic carbocycles. The highest BCUT2D eigenvalue weighted by molar-refractivity contribution is 5.97. The Hall–Kier alpha value is -3.22. The van der Waals surface area contributed by atoms with Crippen molar-refractivity contribution in [2.45, 2.75) is 38.4 Å². The molecule has 7 N–H and O–H groups in total. The summed E-state index contributed by atoms with van der Waals surface area (Å²) in [5, 5.41) is 18.3. The summed E-state index contributed by atoms with van der Waals surface area (Å²) in [4.78, 5) is 24.8. The number of benzene rings is 2. The number of nitrogens with two attached hydrogens (primary N) is 1. The highest BCUT2D eigenvalue weighted by Gasteiger charge is 2.22. The molecule has 0 aliphatic carbocycles. The van der Waals surface area contributed by atoms with E-state index in [1.165, 1.54) is 0 Å². The molecule has 0 radical (unpaired) electrons. The van der Waals surface area contributed by atoms with Crippen molar-refractivity contribution in [1.29, 1.82) is 0 Å². The molecule has 0 bridgehead atoms. The topological polar surface area (TPSA) is 129 Å². The van der Waals surface area contributed by atoms with Gasteiger partial charge < -0.3 is 16.4 Å². The summed E-state index contributed by atoms with van der Waals surface area (Å²) in [5.74, 6) is 5.00. The summed E-state index contributed by atoms with van der Waals surface area (Å²) in [6.45, 7) is 3.36. The van der Waals surface area contributed by atoms with Crippen molar-refractivity contribution in [3.8, 4) is 11.8 Å². The molecule has 0 aromatic heterocycles. The van der Waals surface area contributed by atoms with Crippen LogP contribution in [0.5, 0.6) is 0 Å². The lowest BCUT2D eigenvalue weighted by Gasteiger charge is -2.23. The number of carbonyl (C=O) groups is 2. The molecule has 0 saturated carbocycles. The Balaban J connectivity index is 1.99. The summed E-state index contributed by atoms with van der Waals surface area (Å²) < 4.78 is 0. The van der Waals surface area contributed by atoms with Crippen molar-refractivity contribution < 1.29 is 14.8 Å². The van der Waals surface area contributed by atoms with Crippen LogP contribution in [-0.2, 0) is 4.79 Å². The van der Waals surface area contributed by atoms with E-state index in [0.717, 1.165) is 30.4 Å². The van der Waals surface area contributed by atoms with Crippen LogP contribution in [0.2, 0.25) is 0 Å². The lowest BCUT2D eigenvalue weighted by molar-refractivity contribution is -0.131. The number of rotatable bonds is 12. The quantitative estimate of drug-likeness (QED) is 0.125. The maximum Gasteiger partial charge on any atom is 0.267 e. The molecular formula is C25H33N5O3. The van der Waals surface area contributed by atoms with Crippen LogP contribution in [0.1, 0.15) is 47.7 Å². The minimum absolute atomic E-state index is 0.0538. The molecule has 2 rings (SSSR count). The Morgan fingerprint density at radius 1 is 1.00 bits per heavy atom. The van der Waals surface area contributed by atoms with Gasteiger partial charge in [0.2, 0.25) is 0 Å². The van der Waals surface area contributed by atoms with E-state index in [2.05, 4.69) is 34.7 Å². The van der Waals surface area contributed by atoms with Gasteiger partial charge in [0.1, 0.15) is 6.04 Å². The predicted octanol–water partition coefficient (Wildman–Crippen LogP) is 1.34. The van der Waals surface area contributed by atoms with Crippen molar-refractivity contribution in [3.05, 3.63) is 71.3 Å². The zero-order valence-electron chi connectivity index (χ0n) is 18.9. The number of carbonyl (C=O) groups excluding carboxylic acids is 2. The third kappa shape index (κ3) is 9.43. The molecular weight excluding hydrogens is 418 g/mol. The second kappa shape index (κ2) is 14.8. The smallest absolute Gasteiger partial charge is 0.267 e. The normalized spacial score (nSPS) is 12.2. The molecule has 2 atom stereocenters. The maximum atomic E-state index is 12.7. The van der Waals surface area contributed by atoms with E-state index in [-0.39, 0.29) is 12.7 Å². The largest absolute Gasteiger partial charge is 0.339 e. The molecule has 8 heteroatoms. The van der Waals surface area contributed by atoms with E-state index in [1.54, 1.807) is 29.7 Å². The van der Waals surface area contributed by atoms with Gasteiger partial charge in [-0.25, -0.2) is 5.48 Å². The highest BCUT2D eigenvalue weighted by atomic mass is 16.5. The van der Waals surface area contributed by atoms with Gasteiger partial charge in [0.05, 0.1) is 6.17 Å². The summed E-state index contributed by atoms with van der Waals surface area (Å²) in [7, 11) is 0. The van der Waals surface area contributed by atoms with Gasteiger partial charge >= 0.3 is 0 Å². The minimum atomic E-state index is -0.955. The van der Waals surface area contributed by atoms with Crippen LogP contribution in [0.15, 0.2) is 54.6 Å². The van der Waals surface area contributed by atoms with E-state index in [0.29, 0.717) is 18.7 Å². The van der Waals surface area contributed by atoms with Crippen LogP contribution >= 0.6 is 0 Å². The van der Waals surface area contributed by atoms with Gasteiger partial charge in [-0.3, -0.25) is 20.1 Å². The SMILES string of the molecule is CCCCC(NCCN)NC[C@H](NC(=O)c1ccc(C#Cc2ccccc2)cc1)C(=O)NO. The Morgan fingerprint density at radius 2 is 1.67 bits per heavy atom. The molecule has 0 saturated heterocycles. The Bertz CT molecular complexity index is 915. The van der Waals surface area contributed by atoms with E-state index in [1.807, 2.05) is 30.3 Å². The van der Waals surface area contributed by atoms with Gasteiger partial charge in [0, 0.05) is 36.3 Å². The molecule has 1 unspecified atom stereocenters. The summed E-state index contributed by atoms with van der Waals surface area (Å²) >= 11 is 0. The number of hydrogen-bond donors (Lipinski definition) is 6. The summed E-state index contributed by atoms with van der Waals surface area (Å²) in [6.07, 6.45) is 2.83. The fourth-order valence-electron chi connectivity index (χ4n) is 3.10. The first-order chi connectivity index (χ1) is 16.1. The average molecular weight is 452 g/mol. The fraction of sp³-hybridized carbons (Fsp3) is 0.360. The summed E-state index contributed by atoms with van der Waals surface area (Å²) in [5.41, 5.74) is 9.25. The van der Waals surface area contributed by atoms with Crippen molar-refractivity contribution in [2.75, 3.05) is 19.6 Å². The number of amides is 2. The number of hydroxylamine groups is 1. The molecule has 8 nitrogen and oxygen atoms in total. The average Bonchev–Trinajstić information content (AvgIpc) is 2.86. The molecule has 176 valence electrons. The molecule has 0 heterocycles. The molecule has 2 aromatic rings. The number of nitrogens with one attached hydrogen (secondary N) is 4. The van der Waals surface area contributed by atoms with Crippen LogP contribution in [0.4, 0.5) is 0 Å². The van der Waals surface area contributed by atoms with Gasteiger partial charge in [0.15, 0.2) is 0 Å². The van der Waals surface area contributed by atoms with Crippen LogP contribution in [0.25, 0.3) is 0 Å². The Labute approximate surface area is 195 Å². The zero-order valence-corrected chi connectivity index (χ0v) is 18.9. The van der Waals surface area contributed by atoms with Crippen LogP contribution in [0.3, 0.4) is 0 Å². The van der Waals surface area contributed by atoms with E-state index in [4.69, 9.17) is 10.9 Å². The molecule has 0 aliphatic rings. The van der Waals surface area contributed by atoms with E-state index >= 15 is 0 Å². The lowest BCUT2D eigenvalue weighted by Crippen LogP contribution is -2.55. The van der Waals surface area contributed by atoms with E-state index < -0.39 is 17.9 Å². The lowest BCUT2D eigenvalue weighted by atomic mass is 10.1.